The lowest BCUT2D eigenvalue weighted by molar-refractivity contribution is -0.140. The second kappa shape index (κ2) is 14.2. The van der Waals surface area contributed by atoms with Gasteiger partial charge in [0, 0.05) is 13.1 Å². The van der Waals surface area contributed by atoms with E-state index in [-0.39, 0.29) is 28.1 Å². The lowest BCUT2D eigenvalue weighted by atomic mass is 10.1. The number of anilines is 1. The van der Waals surface area contributed by atoms with Crippen molar-refractivity contribution in [2.45, 2.75) is 51.1 Å². The molecule has 1 atom stereocenters. The topological polar surface area (TPSA) is 96.0 Å². The number of nitrogens with one attached hydrogen (secondary N) is 1. The summed E-state index contributed by atoms with van der Waals surface area (Å²) < 4.78 is 34.0. The summed E-state index contributed by atoms with van der Waals surface area (Å²) >= 11 is 6.36. The predicted octanol–water partition coefficient (Wildman–Crippen LogP) is 5.19. The highest BCUT2D eigenvalue weighted by molar-refractivity contribution is 7.92. The van der Waals surface area contributed by atoms with E-state index in [9.17, 15) is 18.0 Å². The van der Waals surface area contributed by atoms with Crippen molar-refractivity contribution in [2.24, 2.45) is 0 Å². The van der Waals surface area contributed by atoms with Gasteiger partial charge in [0.05, 0.1) is 22.7 Å². The minimum absolute atomic E-state index is 0.0212. The Balaban J connectivity index is 2.08. The SMILES string of the molecule is CCCNC(=O)[C@@H](CC)N(Cc1ccccc1C)C(=O)CN(c1ccc(OC)c(Cl)c1)S(=O)(=O)c1ccccc1. The largest absolute Gasteiger partial charge is 0.495 e. The molecule has 214 valence electrons. The van der Waals surface area contributed by atoms with E-state index in [0.717, 1.165) is 21.9 Å². The third-order valence-electron chi connectivity index (χ3n) is 6.57. The number of carbonyl (C=O) groups excluding carboxylic acids is 2. The zero-order valence-corrected chi connectivity index (χ0v) is 24.8. The van der Waals surface area contributed by atoms with Gasteiger partial charge in [0.15, 0.2) is 0 Å². The molecule has 0 saturated heterocycles. The molecule has 2 amide bonds. The number of amides is 2. The van der Waals surface area contributed by atoms with Crippen LogP contribution in [-0.2, 0) is 26.2 Å². The van der Waals surface area contributed by atoms with Crippen molar-refractivity contribution in [3.8, 4) is 5.75 Å². The normalized spacial score (nSPS) is 11.9. The highest BCUT2D eigenvalue weighted by Gasteiger charge is 2.34. The van der Waals surface area contributed by atoms with E-state index in [1.807, 2.05) is 45.0 Å². The Morgan fingerprint density at radius 3 is 2.27 bits per heavy atom. The van der Waals surface area contributed by atoms with Crippen molar-refractivity contribution < 1.29 is 22.7 Å². The van der Waals surface area contributed by atoms with Crippen molar-refractivity contribution in [3.05, 3.63) is 88.9 Å². The van der Waals surface area contributed by atoms with Gasteiger partial charge in [0.1, 0.15) is 18.3 Å². The van der Waals surface area contributed by atoms with E-state index in [1.165, 1.54) is 36.3 Å². The number of hydrogen-bond donors (Lipinski definition) is 1. The van der Waals surface area contributed by atoms with Crippen LogP contribution in [0.5, 0.6) is 5.75 Å². The molecular formula is C30H36ClN3O5S. The summed E-state index contributed by atoms with van der Waals surface area (Å²) in [5.41, 5.74) is 2.02. The summed E-state index contributed by atoms with van der Waals surface area (Å²) in [6.07, 6.45) is 1.10. The number of halogens is 1. The zero-order chi connectivity index (χ0) is 29.3. The molecule has 0 bridgehead atoms. The van der Waals surface area contributed by atoms with Crippen LogP contribution in [0.1, 0.15) is 37.8 Å². The first-order chi connectivity index (χ1) is 19.1. The van der Waals surface area contributed by atoms with E-state index in [4.69, 9.17) is 16.3 Å². The smallest absolute Gasteiger partial charge is 0.264 e. The number of carbonyl (C=O) groups is 2. The van der Waals surface area contributed by atoms with E-state index in [1.54, 1.807) is 24.3 Å². The van der Waals surface area contributed by atoms with Crippen LogP contribution in [0.25, 0.3) is 0 Å². The Kier molecular flexibility index (Phi) is 11.0. The minimum atomic E-state index is -4.18. The van der Waals surface area contributed by atoms with Crippen LogP contribution in [0.2, 0.25) is 5.02 Å². The van der Waals surface area contributed by atoms with E-state index >= 15 is 0 Å². The molecule has 0 heterocycles. The molecule has 10 heteroatoms. The van der Waals surface area contributed by atoms with Crippen LogP contribution >= 0.6 is 11.6 Å². The number of sulfonamides is 1. The van der Waals surface area contributed by atoms with Crippen LogP contribution in [0, 0.1) is 6.92 Å². The predicted molar refractivity (Wildman–Crippen MR) is 158 cm³/mol. The quantitative estimate of drug-likeness (QED) is 0.298. The first kappa shape index (κ1) is 31.0. The number of rotatable bonds is 13. The molecule has 1 N–H and O–H groups in total. The van der Waals surface area contributed by atoms with Crippen LogP contribution in [0.3, 0.4) is 0 Å². The van der Waals surface area contributed by atoms with Crippen molar-refractivity contribution in [1.82, 2.24) is 10.2 Å². The highest BCUT2D eigenvalue weighted by atomic mass is 35.5. The molecule has 0 fully saturated rings. The van der Waals surface area contributed by atoms with Gasteiger partial charge >= 0.3 is 0 Å². The molecule has 3 aromatic carbocycles. The van der Waals surface area contributed by atoms with Gasteiger partial charge in [0.2, 0.25) is 11.8 Å². The molecule has 0 aliphatic heterocycles. The van der Waals surface area contributed by atoms with Crippen LogP contribution < -0.4 is 14.4 Å². The lowest BCUT2D eigenvalue weighted by Crippen LogP contribution is -2.52. The van der Waals surface area contributed by atoms with Gasteiger partial charge in [-0.25, -0.2) is 8.42 Å². The maximum Gasteiger partial charge on any atom is 0.264 e. The number of benzene rings is 3. The lowest BCUT2D eigenvalue weighted by Gasteiger charge is -2.33. The number of methoxy groups -OCH3 is 1. The molecule has 40 heavy (non-hydrogen) atoms. The van der Waals surface area contributed by atoms with Crippen LogP contribution in [-0.4, -0.2) is 51.4 Å². The average molecular weight is 586 g/mol. The summed E-state index contributed by atoms with van der Waals surface area (Å²) in [6, 6.07) is 19.2. The molecule has 0 aromatic heterocycles. The Morgan fingerprint density at radius 2 is 1.68 bits per heavy atom. The molecule has 0 aliphatic rings. The fraction of sp³-hybridized carbons (Fsp3) is 0.333. The van der Waals surface area contributed by atoms with Gasteiger partial charge in [-0.1, -0.05) is 67.9 Å². The number of aryl methyl sites for hydroxylation is 1. The van der Waals surface area contributed by atoms with Gasteiger partial charge in [-0.3, -0.25) is 13.9 Å². The number of ether oxygens (including phenoxy) is 1. The minimum Gasteiger partial charge on any atom is -0.495 e. The van der Waals surface area contributed by atoms with Gasteiger partial charge in [0.25, 0.3) is 10.0 Å². The highest BCUT2D eigenvalue weighted by Crippen LogP contribution is 2.32. The fourth-order valence-electron chi connectivity index (χ4n) is 4.32. The van der Waals surface area contributed by atoms with Crippen LogP contribution in [0.4, 0.5) is 5.69 Å². The standard InChI is InChI=1S/C30H36ClN3O5S/c1-5-18-32-30(36)27(6-2)33(20-23-13-11-10-12-22(23)3)29(35)21-34(24-16-17-28(39-4)26(31)19-24)40(37,38)25-14-8-7-9-15-25/h7-17,19,27H,5-6,18,20-21H2,1-4H3,(H,32,36)/t27-/m1/s1. The Bertz CT molecular complexity index is 1420. The molecule has 0 aliphatic carbocycles. The number of nitrogens with zero attached hydrogens (tertiary/aromatic N) is 2. The first-order valence-electron chi connectivity index (χ1n) is 13.2. The maximum atomic E-state index is 14.1. The van der Waals surface area contributed by atoms with Crippen molar-refractivity contribution in [3.63, 3.8) is 0 Å². The number of hydrogen-bond acceptors (Lipinski definition) is 5. The zero-order valence-electron chi connectivity index (χ0n) is 23.3. The summed E-state index contributed by atoms with van der Waals surface area (Å²) in [5, 5.41) is 3.08. The summed E-state index contributed by atoms with van der Waals surface area (Å²) in [6.45, 7) is 5.79. The second-order valence-electron chi connectivity index (χ2n) is 9.31. The van der Waals surface area contributed by atoms with Gasteiger partial charge in [-0.05, 0) is 61.2 Å². The maximum absolute atomic E-state index is 14.1. The van der Waals surface area contributed by atoms with E-state index in [2.05, 4.69) is 5.32 Å². The Morgan fingerprint density at radius 1 is 1.00 bits per heavy atom. The summed E-state index contributed by atoms with van der Waals surface area (Å²) in [4.78, 5) is 28.8. The molecule has 3 rings (SSSR count). The van der Waals surface area contributed by atoms with Crippen LogP contribution in [0.15, 0.2) is 77.7 Å². The molecule has 8 nitrogen and oxygen atoms in total. The average Bonchev–Trinajstić information content (AvgIpc) is 2.95. The molecule has 0 radical (unpaired) electrons. The Hall–Kier alpha value is -3.56. The summed E-state index contributed by atoms with van der Waals surface area (Å²) in [7, 11) is -2.72. The Labute approximate surface area is 241 Å². The van der Waals surface area contributed by atoms with Gasteiger partial charge < -0.3 is 15.0 Å². The molecular weight excluding hydrogens is 550 g/mol. The van der Waals surface area contributed by atoms with Crippen molar-refractivity contribution in [1.29, 1.82) is 0 Å². The fourth-order valence-corrected chi connectivity index (χ4v) is 5.99. The van der Waals surface area contributed by atoms with Gasteiger partial charge in [-0.2, -0.15) is 0 Å². The van der Waals surface area contributed by atoms with Gasteiger partial charge in [-0.15, -0.1) is 0 Å². The van der Waals surface area contributed by atoms with E-state index in [0.29, 0.717) is 18.7 Å². The summed E-state index contributed by atoms with van der Waals surface area (Å²) in [5.74, 6) is -0.432. The van der Waals surface area contributed by atoms with Crippen molar-refractivity contribution >= 4 is 39.1 Å². The molecule has 0 spiro atoms. The monoisotopic (exact) mass is 585 g/mol. The third-order valence-corrected chi connectivity index (χ3v) is 8.65. The third kappa shape index (κ3) is 7.34. The molecule has 0 saturated carbocycles. The molecule has 3 aromatic rings. The molecule has 0 unspecified atom stereocenters. The first-order valence-corrected chi connectivity index (χ1v) is 15.0. The van der Waals surface area contributed by atoms with E-state index < -0.39 is 28.5 Å². The second-order valence-corrected chi connectivity index (χ2v) is 11.6. The van der Waals surface area contributed by atoms with Crippen molar-refractivity contribution in [2.75, 3.05) is 24.5 Å².